The van der Waals surface area contributed by atoms with E-state index in [0.717, 1.165) is 56.1 Å². The van der Waals surface area contributed by atoms with Crippen LogP contribution in [0.15, 0.2) is 42.7 Å². The highest BCUT2D eigenvalue weighted by Gasteiger charge is 2.20. The summed E-state index contributed by atoms with van der Waals surface area (Å²) < 4.78 is 1.97. The number of fused-ring (bicyclic) bond motifs is 1. The molecule has 4 rings (SSSR count). The van der Waals surface area contributed by atoms with Crippen molar-refractivity contribution in [2.75, 3.05) is 6.54 Å². The van der Waals surface area contributed by atoms with Gasteiger partial charge in [-0.05, 0) is 25.5 Å². The topological polar surface area (TPSA) is 46.8 Å². The summed E-state index contributed by atoms with van der Waals surface area (Å²) in [5, 5.41) is 4.69. The highest BCUT2D eigenvalue weighted by Crippen LogP contribution is 2.20. The first-order chi connectivity index (χ1) is 12.7. The molecule has 2 aromatic heterocycles. The molecule has 1 aromatic carbocycles. The zero-order valence-electron chi connectivity index (χ0n) is 15.5. The average Bonchev–Trinajstić information content (AvgIpc) is 3.03. The molecule has 0 unspecified atom stereocenters. The summed E-state index contributed by atoms with van der Waals surface area (Å²) in [7, 11) is 0. The third-order valence-corrected chi connectivity index (χ3v) is 4.95. The van der Waals surface area contributed by atoms with Crippen LogP contribution in [0.25, 0.3) is 5.69 Å². The Hall–Kier alpha value is -2.53. The largest absolute Gasteiger partial charge is 0.294 e. The number of hydrogen-bond donors (Lipinski definition) is 0. The highest BCUT2D eigenvalue weighted by atomic mass is 15.3. The molecule has 1 aliphatic rings. The SMILES string of the molecule is CCCc1ncc2c(n1)CCN(Cc1cn(-c3ccccc3)nc1C)C2. The lowest BCUT2D eigenvalue weighted by atomic mass is 10.1. The number of aromatic nitrogens is 4. The fourth-order valence-electron chi connectivity index (χ4n) is 3.50. The van der Waals surface area contributed by atoms with Crippen molar-refractivity contribution < 1.29 is 0 Å². The molecule has 0 radical (unpaired) electrons. The summed E-state index contributed by atoms with van der Waals surface area (Å²) in [5.74, 6) is 0.986. The monoisotopic (exact) mass is 347 g/mol. The second-order valence-electron chi connectivity index (χ2n) is 6.99. The molecule has 5 heteroatoms. The van der Waals surface area contributed by atoms with Crippen LogP contribution in [-0.2, 0) is 25.9 Å². The average molecular weight is 347 g/mol. The van der Waals surface area contributed by atoms with Gasteiger partial charge in [0.05, 0.1) is 11.4 Å². The van der Waals surface area contributed by atoms with Gasteiger partial charge < -0.3 is 0 Å². The van der Waals surface area contributed by atoms with Crippen LogP contribution in [0.5, 0.6) is 0 Å². The normalized spacial score (nSPS) is 14.4. The van der Waals surface area contributed by atoms with E-state index in [1.807, 2.05) is 29.1 Å². The molecular weight excluding hydrogens is 322 g/mol. The van der Waals surface area contributed by atoms with E-state index in [1.165, 1.54) is 16.8 Å². The molecular formula is C21H25N5. The Morgan fingerprint density at radius 3 is 2.81 bits per heavy atom. The minimum atomic E-state index is 0.912. The van der Waals surface area contributed by atoms with E-state index < -0.39 is 0 Å². The molecule has 0 fully saturated rings. The third-order valence-electron chi connectivity index (χ3n) is 4.95. The molecule has 0 aliphatic carbocycles. The lowest BCUT2D eigenvalue weighted by Crippen LogP contribution is -2.31. The molecule has 1 aliphatic heterocycles. The zero-order chi connectivity index (χ0) is 17.9. The number of para-hydroxylation sites is 1. The first kappa shape index (κ1) is 16.9. The molecule has 3 heterocycles. The summed E-state index contributed by atoms with van der Waals surface area (Å²) in [4.78, 5) is 11.7. The van der Waals surface area contributed by atoms with E-state index in [2.05, 4.69) is 47.2 Å². The van der Waals surface area contributed by atoms with Gasteiger partial charge in [0.2, 0.25) is 0 Å². The van der Waals surface area contributed by atoms with Gasteiger partial charge in [-0.3, -0.25) is 4.90 Å². The van der Waals surface area contributed by atoms with Gasteiger partial charge in [-0.15, -0.1) is 0 Å². The summed E-state index contributed by atoms with van der Waals surface area (Å²) in [6.45, 7) is 7.12. The van der Waals surface area contributed by atoms with Gasteiger partial charge in [-0.25, -0.2) is 14.6 Å². The molecule has 0 saturated heterocycles. The number of aryl methyl sites for hydroxylation is 2. The lowest BCUT2D eigenvalue weighted by Gasteiger charge is -2.27. The van der Waals surface area contributed by atoms with Crippen molar-refractivity contribution >= 4 is 0 Å². The summed E-state index contributed by atoms with van der Waals surface area (Å²) >= 11 is 0. The van der Waals surface area contributed by atoms with Crippen LogP contribution in [0.3, 0.4) is 0 Å². The Morgan fingerprint density at radius 1 is 1.15 bits per heavy atom. The first-order valence-electron chi connectivity index (χ1n) is 9.39. The molecule has 0 N–H and O–H groups in total. The maximum Gasteiger partial charge on any atom is 0.128 e. The second-order valence-corrected chi connectivity index (χ2v) is 6.99. The Kier molecular flexibility index (Phi) is 4.80. The molecule has 0 saturated carbocycles. The van der Waals surface area contributed by atoms with Crippen LogP contribution >= 0.6 is 0 Å². The fourth-order valence-corrected chi connectivity index (χ4v) is 3.50. The van der Waals surface area contributed by atoms with Crippen LogP contribution < -0.4 is 0 Å². The minimum Gasteiger partial charge on any atom is -0.294 e. The fraction of sp³-hybridized carbons (Fsp3) is 0.381. The van der Waals surface area contributed by atoms with E-state index in [9.17, 15) is 0 Å². The summed E-state index contributed by atoms with van der Waals surface area (Å²) in [5.41, 5.74) is 5.97. The van der Waals surface area contributed by atoms with E-state index in [1.54, 1.807) is 0 Å². The second kappa shape index (κ2) is 7.38. The maximum atomic E-state index is 4.75. The predicted octanol–water partition coefficient (Wildman–Crippen LogP) is 3.48. The predicted molar refractivity (Wildman–Crippen MR) is 102 cm³/mol. The molecule has 0 amide bonds. The lowest BCUT2D eigenvalue weighted by molar-refractivity contribution is 0.242. The quantitative estimate of drug-likeness (QED) is 0.709. The van der Waals surface area contributed by atoms with Crippen molar-refractivity contribution in [3.8, 4) is 5.69 Å². The van der Waals surface area contributed by atoms with Gasteiger partial charge in [-0.2, -0.15) is 5.10 Å². The summed E-state index contributed by atoms with van der Waals surface area (Å²) in [6, 6.07) is 10.3. The van der Waals surface area contributed by atoms with Crippen LogP contribution in [0.4, 0.5) is 0 Å². The van der Waals surface area contributed by atoms with Gasteiger partial charge in [0.1, 0.15) is 5.82 Å². The minimum absolute atomic E-state index is 0.912. The molecule has 134 valence electrons. The molecule has 0 spiro atoms. The molecule has 5 nitrogen and oxygen atoms in total. The number of nitrogens with zero attached hydrogens (tertiary/aromatic N) is 5. The third kappa shape index (κ3) is 3.53. The van der Waals surface area contributed by atoms with Crippen LogP contribution in [0.2, 0.25) is 0 Å². The van der Waals surface area contributed by atoms with Crippen molar-refractivity contribution in [1.82, 2.24) is 24.6 Å². The van der Waals surface area contributed by atoms with E-state index in [-0.39, 0.29) is 0 Å². The standard InChI is InChI=1S/C21H25N5/c1-3-7-21-22-12-17-13-25(11-10-20(17)23-21)14-18-15-26(24-16(18)2)19-8-5-4-6-9-19/h4-6,8-9,12,15H,3,7,10-11,13-14H2,1-2H3. The van der Waals surface area contributed by atoms with Gasteiger partial charge in [0.25, 0.3) is 0 Å². The van der Waals surface area contributed by atoms with Crippen LogP contribution in [0.1, 0.15) is 41.7 Å². The number of hydrogen-bond acceptors (Lipinski definition) is 4. The summed E-state index contributed by atoms with van der Waals surface area (Å²) in [6.07, 6.45) is 7.24. The van der Waals surface area contributed by atoms with Crippen LogP contribution in [-0.4, -0.2) is 31.2 Å². The molecule has 3 aromatic rings. The maximum absolute atomic E-state index is 4.75. The Morgan fingerprint density at radius 2 is 2.00 bits per heavy atom. The van der Waals surface area contributed by atoms with Gasteiger partial charge in [0, 0.05) is 61.7 Å². The van der Waals surface area contributed by atoms with Crippen molar-refractivity contribution in [1.29, 1.82) is 0 Å². The van der Waals surface area contributed by atoms with Crippen molar-refractivity contribution in [2.24, 2.45) is 0 Å². The van der Waals surface area contributed by atoms with Crippen molar-refractivity contribution in [2.45, 2.75) is 46.2 Å². The van der Waals surface area contributed by atoms with Gasteiger partial charge in [0.15, 0.2) is 0 Å². The van der Waals surface area contributed by atoms with Crippen LogP contribution in [0, 0.1) is 6.92 Å². The van der Waals surface area contributed by atoms with E-state index in [0.29, 0.717) is 0 Å². The molecule has 26 heavy (non-hydrogen) atoms. The van der Waals surface area contributed by atoms with Gasteiger partial charge in [-0.1, -0.05) is 25.1 Å². The molecule has 0 atom stereocenters. The zero-order valence-corrected chi connectivity index (χ0v) is 15.5. The van der Waals surface area contributed by atoms with E-state index >= 15 is 0 Å². The number of rotatable bonds is 5. The first-order valence-corrected chi connectivity index (χ1v) is 9.39. The Balaban J connectivity index is 1.48. The van der Waals surface area contributed by atoms with Gasteiger partial charge >= 0.3 is 0 Å². The van der Waals surface area contributed by atoms with Crippen molar-refractivity contribution in [3.05, 3.63) is 71.1 Å². The smallest absolute Gasteiger partial charge is 0.128 e. The molecule has 0 bridgehead atoms. The highest BCUT2D eigenvalue weighted by molar-refractivity contribution is 5.32. The van der Waals surface area contributed by atoms with Crippen molar-refractivity contribution in [3.63, 3.8) is 0 Å². The Labute approximate surface area is 154 Å². The van der Waals surface area contributed by atoms with E-state index in [4.69, 9.17) is 4.98 Å². The number of benzene rings is 1. The Bertz CT molecular complexity index is 885.